The molecule has 0 atom stereocenters. The Morgan fingerprint density at radius 3 is 2.34 bits per heavy atom. The molecule has 29 heavy (non-hydrogen) atoms. The van der Waals surface area contributed by atoms with Crippen molar-refractivity contribution in [2.24, 2.45) is 0 Å². The van der Waals surface area contributed by atoms with Crippen LogP contribution in [0.3, 0.4) is 0 Å². The molecule has 1 N–H and O–H groups in total. The number of ether oxygens (including phenoxy) is 1. The SMILES string of the molecule is CN1C(=O)N(c2ccc(C(=O)OCc3ccccc3)cc2)C2(CCNCC2)C1=O. The molecule has 2 aliphatic rings. The number of anilines is 1. The Bertz CT molecular complexity index is 921. The average Bonchev–Trinajstić information content (AvgIpc) is 2.94. The molecule has 150 valence electrons. The summed E-state index contributed by atoms with van der Waals surface area (Å²) in [4.78, 5) is 40.7. The minimum absolute atomic E-state index is 0.171. The van der Waals surface area contributed by atoms with E-state index in [2.05, 4.69) is 5.32 Å². The zero-order chi connectivity index (χ0) is 20.4. The van der Waals surface area contributed by atoms with Gasteiger partial charge in [-0.25, -0.2) is 9.59 Å². The van der Waals surface area contributed by atoms with Gasteiger partial charge in [0.25, 0.3) is 5.91 Å². The molecule has 2 fully saturated rings. The van der Waals surface area contributed by atoms with Gasteiger partial charge in [0.1, 0.15) is 12.1 Å². The summed E-state index contributed by atoms with van der Waals surface area (Å²) in [6, 6.07) is 15.8. The van der Waals surface area contributed by atoms with Crippen LogP contribution in [0.2, 0.25) is 0 Å². The summed E-state index contributed by atoms with van der Waals surface area (Å²) in [5, 5.41) is 3.24. The Morgan fingerprint density at radius 1 is 1.03 bits per heavy atom. The minimum Gasteiger partial charge on any atom is -0.457 e. The maximum Gasteiger partial charge on any atom is 0.338 e. The molecule has 0 radical (unpaired) electrons. The van der Waals surface area contributed by atoms with Gasteiger partial charge in [-0.2, -0.15) is 0 Å². The van der Waals surface area contributed by atoms with Crippen molar-refractivity contribution >= 4 is 23.6 Å². The molecule has 7 heteroatoms. The van der Waals surface area contributed by atoms with Gasteiger partial charge in [-0.15, -0.1) is 0 Å². The monoisotopic (exact) mass is 393 g/mol. The number of benzene rings is 2. The Labute approximate surface area is 169 Å². The van der Waals surface area contributed by atoms with Crippen molar-refractivity contribution in [2.75, 3.05) is 25.0 Å². The van der Waals surface area contributed by atoms with E-state index < -0.39 is 11.5 Å². The number of imide groups is 1. The van der Waals surface area contributed by atoms with E-state index in [4.69, 9.17) is 4.74 Å². The molecule has 0 saturated carbocycles. The van der Waals surface area contributed by atoms with Crippen molar-refractivity contribution in [3.63, 3.8) is 0 Å². The number of likely N-dealkylation sites (N-methyl/N-ethyl adjacent to an activating group) is 1. The molecule has 0 bridgehead atoms. The minimum atomic E-state index is -0.855. The van der Waals surface area contributed by atoms with Crippen LogP contribution in [0.4, 0.5) is 10.5 Å². The normalized spacial score (nSPS) is 18.4. The van der Waals surface area contributed by atoms with E-state index >= 15 is 0 Å². The van der Waals surface area contributed by atoms with Gasteiger partial charge in [-0.1, -0.05) is 30.3 Å². The first-order valence-corrected chi connectivity index (χ1v) is 9.67. The molecule has 2 aromatic rings. The molecule has 4 rings (SSSR count). The van der Waals surface area contributed by atoms with Crippen LogP contribution in [0.15, 0.2) is 54.6 Å². The summed E-state index contributed by atoms with van der Waals surface area (Å²) >= 11 is 0. The largest absolute Gasteiger partial charge is 0.457 e. The fourth-order valence-corrected chi connectivity index (χ4v) is 4.02. The Hall–Kier alpha value is -3.19. The smallest absolute Gasteiger partial charge is 0.338 e. The summed E-state index contributed by atoms with van der Waals surface area (Å²) in [6.07, 6.45) is 1.12. The first-order valence-electron chi connectivity index (χ1n) is 9.67. The topological polar surface area (TPSA) is 79.0 Å². The highest BCUT2D eigenvalue weighted by molar-refractivity contribution is 6.16. The number of hydrogen-bond donors (Lipinski definition) is 1. The van der Waals surface area contributed by atoms with E-state index in [9.17, 15) is 14.4 Å². The molecule has 2 aromatic carbocycles. The summed E-state index contributed by atoms with van der Waals surface area (Å²) in [5.74, 6) is -0.603. The van der Waals surface area contributed by atoms with Crippen LogP contribution < -0.4 is 10.2 Å². The molecule has 0 aromatic heterocycles. The van der Waals surface area contributed by atoms with Crippen LogP contribution in [0, 0.1) is 0 Å². The number of hydrogen-bond acceptors (Lipinski definition) is 5. The van der Waals surface area contributed by atoms with Gasteiger partial charge in [0, 0.05) is 12.7 Å². The maximum atomic E-state index is 12.8. The predicted molar refractivity (Wildman–Crippen MR) is 107 cm³/mol. The molecule has 2 aliphatic heterocycles. The summed E-state index contributed by atoms with van der Waals surface area (Å²) in [6.45, 7) is 1.54. The first-order chi connectivity index (χ1) is 14.0. The van der Waals surface area contributed by atoms with Gasteiger partial charge in [-0.05, 0) is 55.8 Å². The van der Waals surface area contributed by atoms with Gasteiger partial charge in [0.15, 0.2) is 0 Å². The second-order valence-electron chi connectivity index (χ2n) is 7.37. The van der Waals surface area contributed by atoms with Crippen LogP contribution in [-0.4, -0.2) is 48.5 Å². The maximum absolute atomic E-state index is 12.8. The van der Waals surface area contributed by atoms with E-state index in [-0.39, 0.29) is 18.5 Å². The van der Waals surface area contributed by atoms with Crippen molar-refractivity contribution in [1.82, 2.24) is 10.2 Å². The highest BCUT2D eigenvalue weighted by Gasteiger charge is 2.56. The lowest BCUT2D eigenvalue weighted by atomic mass is 9.86. The third kappa shape index (κ3) is 3.38. The molecule has 2 heterocycles. The van der Waals surface area contributed by atoms with Crippen molar-refractivity contribution in [1.29, 1.82) is 0 Å². The number of nitrogens with zero attached hydrogens (tertiary/aromatic N) is 2. The Morgan fingerprint density at radius 2 is 1.69 bits per heavy atom. The fraction of sp³-hybridized carbons (Fsp3) is 0.318. The number of carbonyl (C=O) groups excluding carboxylic acids is 3. The number of piperidine rings is 1. The van der Waals surface area contributed by atoms with Crippen LogP contribution in [0.25, 0.3) is 0 Å². The van der Waals surface area contributed by atoms with Gasteiger partial charge in [-0.3, -0.25) is 14.6 Å². The molecule has 3 amide bonds. The summed E-state index contributed by atoms with van der Waals surface area (Å²) < 4.78 is 5.35. The summed E-state index contributed by atoms with van der Waals surface area (Å²) in [7, 11) is 1.52. The van der Waals surface area contributed by atoms with Crippen LogP contribution in [0.1, 0.15) is 28.8 Å². The van der Waals surface area contributed by atoms with E-state index in [0.717, 1.165) is 5.56 Å². The van der Waals surface area contributed by atoms with Crippen LogP contribution in [0.5, 0.6) is 0 Å². The first kappa shape index (κ1) is 19.1. The number of rotatable bonds is 4. The van der Waals surface area contributed by atoms with Crippen LogP contribution in [-0.2, 0) is 16.1 Å². The molecule has 0 unspecified atom stereocenters. The third-order valence-corrected chi connectivity index (χ3v) is 5.61. The zero-order valence-corrected chi connectivity index (χ0v) is 16.3. The van der Waals surface area contributed by atoms with Crippen molar-refractivity contribution < 1.29 is 19.1 Å². The number of carbonyl (C=O) groups is 3. The van der Waals surface area contributed by atoms with Gasteiger partial charge in [0.05, 0.1) is 5.56 Å². The lowest BCUT2D eigenvalue weighted by Gasteiger charge is -2.38. The van der Waals surface area contributed by atoms with Crippen molar-refractivity contribution in [3.05, 3.63) is 65.7 Å². The Kier molecular flexibility index (Phi) is 5.07. The van der Waals surface area contributed by atoms with Crippen LogP contribution >= 0.6 is 0 Å². The number of amides is 3. The third-order valence-electron chi connectivity index (χ3n) is 5.61. The molecule has 1 spiro atoms. The molecular formula is C22H23N3O4. The molecule has 7 nitrogen and oxygen atoms in total. The number of nitrogens with one attached hydrogen (secondary N) is 1. The highest BCUT2D eigenvalue weighted by Crippen LogP contribution is 2.38. The molecule has 2 saturated heterocycles. The number of esters is 1. The van der Waals surface area contributed by atoms with E-state index in [1.165, 1.54) is 11.9 Å². The van der Waals surface area contributed by atoms with Gasteiger partial charge in [0.2, 0.25) is 0 Å². The number of urea groups is 1. The lowest BCUT2D eigenvalue weighted by Crippen LogP contribution is -2.56. The second-order valence-corrected chi connectivity index (χ2v) is 7.37. The zero-order valence-electron chi connectivity index (χ0n) is 16.3. The highest BCUT2D eigenvalue weighted by atomic mass is 16.5. The standard InChI is InChI=1S/C22H23N3O4/c1-24-20(27)22(11-13-23-14-12-22)25(21(24)28)18-9-7-17(8-10-18)19(26)29-15-16-5-3-2-4-6-16/h2-10,23H,11-15H2,1H3. The van der Waals surface area contributed by atoms with E-state index in [1.54, 1.807) is 29.2 Å². The molecular weight excluding hydrogens is 370 g/mol. The summed E-state index contributed by atoms with van der Waals surface area (Å²) in [5.41, 5.74) is 1.06. The van der Waals surface area contributed by atoms with Gasteiger partial charge >= 0.3 is 12.0 Å². The van der Waals surface area contributed by atoms with Gasteiger partial charge < -0.3 is 10.1 Å². The second kappa shape index (κ2) is 7.67. The predicted octanol–water partition coefficient (Wildman–Crippen LogP) is 2.56. The quantitative estimate of drug-likeness (QED) is 0.638. The molecule has 0 aliphatic carbocycles. The average molecular weight is 393 g/mol. The Balaban J connectivity index is 1.52. The van der Waals surface area contributed by atoms with Crippen molar-refractivity contribution in [2.45, 2.75) is 25.0 Å². The van der Waals surface area contributed by atoms with E-state index in [0.29, 0.717) is 37.2 Å². The van der Waals surface area contributed by atoms with E-state index in [1.807, 2.05) is 30.3 Å². The van der Waals surface area contributed by atoms with Crippen molar-refractivity contribution in [3.8, 4) is 0 Å². The fourth-order valence-electron chi connectivity index (χ4n) is 4.02. The lowest BCUT2D eigenvalue weighted by molar-refractivity contribution is -0.130.